The number of carbonyl (C=O) groups is 1. The Kier molecular flexibility index (Phi) is 4.27. The number of hydrogen-bond donors (Lipinski definition) is 2. The zero-order valence-electron chi connectivity index (χ0n) is 10.7. The van der Waals surface area contributed by atoms with Crippen LogP contribution >= 0.6 is 11.3 Å². The van der Waals surface area contributed by atoms with Crippen LogP contribution in [0.25, 0.3) is 0 Å². The molecule has 106 valence electrons. The molecule has 0 saturated heterocycles. The monoisotopic (exact) mass is 303 g/mol. The van der Waals surface area contributed by atoms with Gasteiger partial charge in [0, 0.05) is 6.54 Å². The molecule has 1 saturated carbocycles. The predicted octanol–water partition coefficient (Wildman–Crippen LogP) is 2.22. The van der Waals surface area contributed by atoms with Crippen molar-refractivity contribution in [3.05, 3.63) is 16.5 Å². The number of hydrogen-bond acceptors (Lipinski definition) is 4. The molecule has 1 aromatic rings. The summed E-state index contributed by atoms with van der Waals surface area (Å²) < 4.78 is 26.8. The van der Waals surface area contributed by atoms with Gasteiger partial charge >= 0.3 is 5.97 Å². The SMILES string of the molecule is Cc1cc(S(=O)(=O)NCC2CCCC2)sc1C(=O)O. The van der Waals surface area contributed by atoms with E-state index < -0.39 is 16.0 Å². The van der Waals surface area contributed by atoms with Gasteiger partial charge in [-0.2, -0.15) is 0 Å². The first-order chi connectivity index (χ1) is 8.90. The van der Waals surface area contributed by atoms with E-state index >= 15 is 0 Å². The normalized spacial score (nSPS) is 16.9. The molecule has 2 N–H and O–H groups in total. The fourth-order valence-electron chi connectivity index (χ4n) is 2.31. The van der Waals surface area contributed by atoms with Gasteiger partial charge in [-0.3, -0.25) is 0 Å². The number of thiophene rings is 1. The molecule has 0 aromatic carbocycles. The molecule has 0 aliphatic heterocycles. The molecule has 19 heavy (non-hydrogen) atoms. The van der Waals surface area contributed by atoms with Gasteiger partial charge in [-0.25, -0.2) is 17.9 Å². The van der Waals surface area contributed by atoms with Crippen LogP contribution < -0.4 is 4.72 Å². The Hall–Kier alpha value is -0.920. The number of aryl methyl sites for hydroxylation is 1. The predicted molar refractivity (Wildman–Crippen MR) is 73.2 cm³/mol. The van der Waals surface area contributed by atoms with Crippen LogP contribution in [-0.2, 0) is 10.0 Å². The van der Waals surface area contributed by atoms with E-state index in [0.29, 0.717) is 18.0 Å². The summed E-state index contributed by atoms with van der Waals surface area (Å²) in [6, 6.07) is 1.42. The molecular formula is C12H17NO4S2. The van der Waals surface area contributed by atoms with Crippen LogP contribution in [0.2, 0.25) is 0 Å². The number of nitrogens with one attached hydrogen (secondary N) is 1. The van der Waals surface area contributed by atoms with E-state index in [1.807, 2.05) is 0 Å². The van der Waals surface area contributed by atoms with Gasteiger partial charge in [-0.05, 0) is 37.3 Å². The van der Waals surface area contributed by atoms with Crippen molar-refractivity contribution in [2.75, 3.05) is 6.54 Å². The summed E-state index contributed by atoms with van der Waals surface area (Å²) in [5.74, 6) is -0.672. The summed E-state index contributed by atoms with van der Waals surface area (Å²) in [7, 11) is -3.58. The van der Waals surface area contributed by atoms with Crippen molar-refractivity contribution in [1.82, 2.24) is 4.72 Å². The van der Waals surface area contributed by atoms with E-state index in [-0.39, 0.29) is 9.09 Å². The summed E-state index contributed by atoms with van der Waals surface area (Å²) in [5.41, 5.74) is 0.485. The highest BCUT2D eigenvalue weighted by atomic mass is 32.2. The summed E-state index contributed by atoms with van der Waals surface area (Å²) in [6.45, 7) is 2.05. The van der Waals surface area contributed by atoms with Gasteiger partial charge in [0.05, 0.1) is 0 Å². The highest BCUT2D eigenvalue weighted by molar-refractivity contribution is 7.91. The summed E-state index contributed by atoms with van der Waals surface area (Å²) in [5, 5.41) is 8.94. The maximum atomic E-state index is 12.1. The summed E-state index contributed by atoms with van der Waals surface area (Å²) in [4.78, 5) is 11.0. The van der Waals surface area contributed by atoms with E-state index in [1.54, 1.807) is 6.92 Å². The van der Waals surface area contributed by atoms with Gasteiger partial charge in [0.25, 0.3) is 0 Å². The van der Waals surface area contributed by atoms with Crippen LogP contribution in [0.5, 0.6) is 0 Å². The average Bonchev–Trinajstić information content (AvgIpc) is 2.95. The number of sulfonamides is 1. The Morgan fingerprint density at radius 1 is 1.47 bits per heavy atom. The standard InChI is InChI=1S/C12H17NO4S2/c1-8-6-10(18-11(8)12(14)15)19(16,17)13-7-9-4-2-3-5-9/h6,9,13H,2-5,7H2,1H3,(H,14,15). The van der Waals surface area contributed by atoms with Crippen molar-refractivity contribution < 1.29 is 18.3 Å². The third-order valence-electron chi connectivity index (χ3n) is 3.39. The number of aromatic carboxylic acids is 1. The highest BCUT2D eigenvalue weighted by Gasteiger charge is 2.23. The Bertz CT molecular complexity index is 571. The lowest BCUT2D eigenvalue weighted by molar-refractivity contribution is 0.0701. The van der Waals surface area contributed by atoms with Crippen molar-refractivity contribution in [2.24, 2.45) is 5.92 Å². The van der Waals surface area contributed by atoms with E-state index in [0.717, 1.165) is 37.0 Å². The molecule has 0 atom stereocenters. The highest BCUT2D eigenvalue weighted by Crippen LogP contribution is 2.27. The Balaban J connectivity index is 2.10. The van der Waals surface area contributed by atoms with Gasteiger partial charge in [-0.1, -0.05) is 12.8 Å². The first kappa shape index (κ1) is 14.5. The zero-order valence-corrected chi connectivity index (χ0v) is 12.3. The first-order valence-electron chi connectivity index (χ1n) is 6.23. The molecule has 1 aromatic heterocycles. The van der Waals surface area contributed by atoms with E-state index in [2.05, 4.69) is 4.72 Å². The van der Waals surface area contributed by atoms with Gasteiger partial charge in [0.2, 0.25) is 10.0 Å². The Morgan fingerprint density at radius 3 is 2.63 bits per heavy atom. The van der Waals surface area contributed by atoms with Crippen LogP contribution in [0.1, 0.15) is 40.9 Å². The molecule has 7 heteroatoms. The Labute approximate surface area is 116 Å². The second-order valence-electron chi connectivity index (χ2n) is 4.89. The first-order valence-corrected chi connectivity index (χ1v) is 8.53. The number of carboxylic acids is 1. The maximum Gasteiger partial charge on any atom is 0.346 e. The minimum atomic E-state index is -3.58. The topological polar surface area (TPSA) is 83.5 Å². The molecule has 1 aliphatic carbocycles. The second kappa shape index (κ2) is 5.60. The van der Waals surface area contributed by atoms with Crippen LogP contribution in [0, 0.1) is 12.8 Å². The molecular weight excluding hydrogens is 286 g/mol. The van der Waals surface area contributed by atoms with Crippen molar-refractivity contribution in [3.63, 3.8) is 0 Å². The number of carboxylic acid groups (broad SMARTS) is 1. The summed E-state index contributed by atoms with van der Waals surface area (Å²) in [6.07, 6.45) is 4.44. The lowest BCUT2D eigenvalue weighted by Crippen LogP contribution is -2.27. The average molecular weight is 303 g/mol. The quantitative estimate of drug-likeness (QED) is 0.873. The smallest absolute Gasteiger partial charge is 0.346 e. The molecule has 5 nitrogen and oxygen atoms in total. The van der Waals surface area contributed by atoms with Crippen molar-refractivity contribution in [1.29, 1.82) is 0 Å². The van der Waals surface area contributed by atoms with E-state index in [4.69, 9.17) is 5.11 Å². The molecule has 0 unspecified atom stereocenters. The van der Waals surface area contributed by atoms with E-state index in [1.165, 1.54) is 6.07 Å². The molecule has 1 fully saturated rings. The molecule has 1 aliphatic rings. The molecule has 2 rings (SSSR count). The lowest BCUT2D eigenvalue weighted by Gasteiger charge is -2.09. The molecule has 0 bridgehead atoms. The maximum absolute atomic E-state index is 12.1. The summed E-state index contributed by atoms with van der Waals surface area (Å²) >= 11 is 0.807. The number of rotatable bonds is 5. The zero-order chi connectivity index (χ0) is 14.0. The largest absolute Gasteiger partial charge is 0.477 e. The molecule has 0 amide bonds. The van der Waals surface area contributed by atoms with Crippen molar-refractivity contribution in [2.45, 2.75) is 36.8 Å². The van der Waals surface area contributed by atoms with Crippen LogP contribution in [0.3, 0.4) is 0 Å². The third kappa shape index (κ3) is 3.34. The van der Waals surface area contributed by atoms with Gasteiger partial charge in [-0.15, -0.1) is 11.3 Å². The van der Waals surface area contributed by atoms with E-state index in [9.17, 15) is 13.2 Å². The Morgan fingerprint density at radius 2 is 2.11 bits per heavy atom. The third-order valence-corrected chi connectivity index (χ3v) is 6.51. The lowest BCUT2D eigenvalue weighted by atomic mass is 10.1. The van der Waals surface area contributed by atoms with Crippen molar-refractivity contribution >= 4 is 27.3 Å². The molecule has 1 heterocycles. The fraction of sp³-hybridized carbons (Fsp3) is 0.583. The second-order valence-corrected chi connectivity index (χ2v) is 7.93. The van der Waals surface area contributed by atoms with Gasteiger partial charge < -0.3 is 5.11 Å². The van der Waals surface area contributed by atoms with Crippen LogP contribution in [-0.4, -0.2) is 26.0 Å². The fourth-order valence-corrected chi connectivity index (χ4v) is 4.85. The van der Waals surface area contributed by atoms with Gasteiger partial charge in [0.15, 0.2) is 0 Å². The van der Waals surface area contributed by atoms with Crippen LogP contribution in [0.4, 0.5) is 0 Å². The van der Waals surface area contributed by atoms with Gasteiger partial charge in [0.1, 0.15) is 9.09 Å². The van der Waals surface area contributed by atoms with Crippen molar-refractivity contribution in [3.8, 4) is 0 Å². The minimum Gasteiger partial charge on any atom is -0.477 e. The van der Waals surface area contributed by atoms with Crippen LogP contribution in [0.15, 0.2) is 10.3 Å². The molecule has 0 radical (unpaired) electrons. The minimum absolute atomic E-state index is 0.0837. The molecule has 0 spiro atoms.